The fourth-order valence-corrected chi connectivity index (χ4v) is 3.36. The highest BCUT2D eigenvalue weighted by Crippen LogP contribution is 2.28. The summed E-state index contributed by atoms with van der Waals surface area (Å²) in [4.78, 5) is 23.5. The minimum absolute atomic E-state index is 0.129. The molecule has 0 spiro atoms. The van der Waals surface area contributed by atoms with Crippen LogP contribution in [0.2, 0.25) is 0 Å². The molecule has 0 bridgehead atoms. The number of nitrogens with zero attached hydrogens (tertiary/aromatic N) is 5. The molecule has 0 saturated carbocycles. The predicted molar refractivity (Wildman–Crippen MR) is 120 cm³/mol. The Labute approximate surface area is 189 Å². The Bertz CT molecular complexity index is 814. The Morgan fingerprint density at radius 2 is 2.12 bits per heavy atom. The third kappa shape index (κ3) is 7.67. The van der Waals surface area contributed by atoms with Crippen LogP contribution >= 0.6 is 0 Å². The summed E-state index contributed by atoms with van der Waals surface area (Å²) in [5.74, 6) is 0.262. The largest absolute Gasteiger partial charge is 0.394 e. The van der Waals surface area contributed by atoms with Crippen LogP contribution in [0.25, 0.3) is 0 Å². The van der Waals surface area contributed by atoms with Gasteiger partial charge in [0, 0.05) is 31.3 Å². The van der Waals surface area contributed by atoms with Gasteiger partial charge in [-0.25, -0.2) is 9.79 Å². The molecule has 2 N–H and O–H groups in total. The summed E-state index contributed by atoms with van der Waals surface area (Å²) >= 11 is 0. The third-order valence-electron chi connectivity index (χ3n) is 5.26. The fourth-order valence-electron chi connectivity index (χ4n) is 3.36. The quantitative estimate of drug-likeness (QED) is 0.250. The first-order chi connectivity index (χ1) is 15.5. The van der Waals surface area contributed by atoms with Gasteiger partial charge in [0.05, 0.1) is 44.8 Å². The number of aromatic nitrogens is 2. The lowest BCUT2D eigenvalue weighted by Crippen LogP contribution is -2.28. The summed E-state index contributed by atoms with van der Waals surface area (Å²) in [6.45, 7) is 6.07. The van der Waals surface area contributed by atoms with Crippen molar-refractivity contribution in [2.75, 3.05) is 26.3 Å². The Morgan fingerprint density at radius 1 is 1.41 bits per heavy atom. The van der Waals surface area contributed by atoms with Crippen molar-refractivity contribution >= 4 is 12.2 Å². The van der Waals surface area contributed by atoms with Gasteiger partial charge in [0.1, 0.15) is 12.3 Å². The lowest BCUT2D eigenvalue weighted by atomic mass is 10.2. The number of aliphatic imine (C=N–C) groups is 1. The first-order valence-electron chi connectivity index (χ1n) is 11.3. The summed E-state index contributed by atoms with van der Waals surface area (Å²) in [5, 5.41) is 28.1. The first-order valence-corrected chi connectivity index (χ1v) is 11.3. The Balaban J connectivity index is 2.28. The molecule has 1 saturated heterocycles. The molecular weight excluding hydrogens is 414 g/mol. The van der Waals surface area contributed by atoms with Crippen molar-refractivity contribution in [2.24, 2.45) is 4.99 Å². The van der Waals surface area contributed by atoms with Crippen LogP contribution in [0.15, 0.2) is 16.0 Å². The van der Waals surface area contributed by atoms with Crippen molar-refractivity contribution in [2.45, 2.75) is 77.4 Å². The van der Waals surface area contributed by atoms with Crippen molar-refractivity contribution in [1.82, 2.24) is 14.5 Å². The van der Waals surface area contributed by atoms with Gasteiger partial charge in [0.2, 0.25) is 0 Å². The summed E-state index contributed by atoms with van der Waals surface area (Å²) < 4.78 is 12.5. The van der Waals surface area contributed by atoms with Gasteiger partial charge in [-0.3, -0.25) is 4.57 Å². The normalized spacial score (nSPS) is 20.7. The molecule has 10 nitrogen and oxygen atoms in total. The van der Waals surface area contributed by atoms with Crippen molar-refractivity contribution in [1.29, 1.82) is 5.26 Å². The fraction of sp³-hybridized carbons (Fsp3) is 0.727. The molecule has 178 valence electrons. The van der Waals surface area contributed by atoms with E-state index in [0.29, 0.717) is 5.56 Å². The molecule has 1 aliphatic heterocycles. The second-order valence-electron chi connectivity index (χ2n) is 7.84. The minimum atomic E-state index is -0.865. The number of unbranched alkanes of at least 4 members (excludes halogenated alkanes) is 2. The average molecular weight is 450 g/mol. The highest BCUT2D eigenvalue weighted by Gasteiger charge is 2.35. The number of hydrogen-bond acceptors (Lipinski definition) is 8. The molecule has 2 heterocycles. The lowest BCUT2D eigenvalue weighted by molar-refractivity contribution is -0.0460. The first kappa shape index (κ1) is 25.9. The molecule has 0 aliphatic carbocycles. The van der Waals surface area contributed by atoms with E-state index in [-0.39, 0.29) is 38.5 Å². The molecule has 0 unspecified atom stereocenters. The van der Waals surface area contributed by atoms with Crippen LogP contribution in [0, 0.1) is 11.3 Å². The highest BCUT2D eigenvalue weighted by atomic mass is 16.5. The van der Waals surface area contributed by atoms with E-state index >= 15 is 0 Å². The summed E-state index contributed by atoms with van der Waals surface area (Å²) in [6, 6.07) is 2.03. The molecule has 1 aliphatic rings. The SMILES string of the molecule is CCCCN(C=Nc1nc(=O)n([C@H]2C[C@H](O)[C@@H](CO)O2)cc1COCCC#N)CCCC. The molecule has 1 fully saturated rings. The predicted octanol–water partition coefficient (Wildman–Crippen LogP) is 1.88. The van der Waals surface area contributed by atoms with Gasteiger partial charge in [-0.05, 0) is 12.8 Å². The van der Waals surface area contributed by atoms with E-state index in [2.05, 4.69) is 28.7 Å². The second kappa shape index (κ2) is 14.0. The monoisotopic (exact) mass is 449 g/mol. The van der Waals surface area contributed by atoms with Gasteiger partial charge in [-0.1, -0.05) is 26.7 Å². The Hall–Kier alpha value is -2.32. The van der Waals surface area contributed by atoms with E-state index in [1.807, 2.05) is 6.07 Å². The van der Waals surface area contributed by atoms with Gasteiger partial charge in [0.25, 0.3) is 0 Å². The van der Waals surface area contributed by atoms with E-state index in [1.165, 1.54) is 4.57 Å². The van der Waals surface area contributed by atoms with Gasteiger partial charge >= 0.3 is 5.69 Å². The van der Waals surface area contributed by atoms with Crippen LogP contribution < -0.4 is 5.69 Å². The smallest absolute Gasteiger partial charge is 0.351 e. The zero-order chi connectivity index (χ0) is 23.3. The van der Waals surface area contributed by atoms with Crippen molar-refractivity contribution in [3.63, 3.8) is 0 Å². The number of aliphatic hydroxyl groups excluding tert-OH is 2. The van der Waals surface area contributed by atoms with Crippen molar-refractivity contribution < 1.29 is 19.7 Å². The molecule has 2 rings (SSSR count). The van der Waals surface area contributed by atoms with Crippen molar-refractivity contribution in [3.8, 4) is 6.07 Å². The average Bonchev–Trinajstić information content (AvgIpc) is 3.17. The van der Waals surface area contributed by atoms with Crippen LogP contribution in [0.1, 0.15) is 64.2 Å². The number of rotatable bonds is 14. The number of aliphatic hydroxyl groups is 2. The standard InChI is InChI=1S/C22H35N5O5/c1-3-5-9-26(10-6-4-2)16-24-21-17(15-31-11-7-8-23)13-27(22(30)25-21)20-12-18(29)19(14-28)32-20/h13,16,18-20,28-29H,3-7,9-12,14-15H2,1-2H3/t18-,19+,20+/m0/s1. The Kier molecular flexibility index (Phi) is 11.3. The summed E-state index contributed by atoms with van der Waals surface area (Å²) in [5.41, 5.74) is 0.0256. The van der Waals surface area contributed by atoms with Crippen LogP contribution in [0.5, 0.6) is 0 Å². The van der Waals surface area contributed by atoms with E-state index < -0.39 is 24.1 Å². The highest BCUT2D eigenvalue weighted by molar-refractivity contribution is 5.60. The zero-order valence-electron chi connectivity index (χ0n) is 19.0. The summed E-state index contributed by atoms with van der Waals surface area (Å²) in [7, 11) is 0. The second-order valence-corrected chi connectivity index (χ2v) is 7.84. The molecular formula is C22H35N5O5. The van der Waals surface area contributed by atoms with Crippen LogP contribution in [-0.4, -0.2) is 69.5 Å². The van der Waals surface area contributed by atoms with Crippen LogP contribution in [0.3, 0.4) is 0 Å². The zero-order valence-corrected chi connectivity index (χ0v) is 19.0. The summed E-state index contributed by atoms with van der Waals surface area (Å²) in [6.07, 6.45) is 5.63. The molecule has 1 aromatic rings. The van der Waals surface area contributed by atoms with Crippen molar-refractivity contribution in [3.05, 3.63) is 22.2 Å². The number of ether oxygens (including phenoxy) is 2. The maximum Gasteiger partial charge on any atom is 0.351 e. The molecule has 1 aromatic heterocycles. The van der Waals surface area contributed by atoms with E-state index in [9.17, 15) is 15.0 Å². The van der Waals surface area contributed by atoms with E-state index in [1.54, 1.807) is 12.5 Å². The van der Waals surface area contributed by atoms with E-state index in [0.717, 1.165) is 38.8 Å². The number of hydrogen-bond donors (Lipinski definition) is 2. The molecule has 0 aromatic carbocycles. The molecule has 0 radical (unpaired) electrons. The molecule has 0 amide bonds. The van der Waals surface area contributed by atoms with Gasteiger partial charge in [-0.2, -0.15) is 10.2 Å². The van der Waals surface area contributed by atoms with Gasteiger partial charge in [-0.15, -0.1) is 0 Å². The molecule has 32 heavy (non-hydrogen) atoms. The number of nitriles is 1. The maximum absolute atomic E-state index is 12.7. The Morgan fingerprint density at radius 3 is 2.72 bits per heavy atom. The van der Waals surface area contributed by atoms with E-state index in [4.69, 9.17) is 14.7 Å². The van der Waals surface area contributed by atoms with Crippen LogP contribution in [0.4, 0.5) is 5.82 Å². The van der Waals surface area contributed by atoms with Gasteiger partial charge in [0.15, 0.2) is 5.82 Å². The lowest BCUT2D eigenvalue weighted by Gasteiger charge is -2.19. The topological polar surface area (TPSA) is 133 Å². The minimum Gasteiger partial charge on any atom is -0.394 e. The van der Waals surface area contributed by atoms with Gasteiger partial charge < -0.3 is 24.6 Å². The van der Waals surface area contributed by atoms with Crippen LogP contribution in [-0.2, 0) is 16.1 Å². The maximum atomic E-state index is 12.7. The molecule has 10 heteroatoms. The third-order valence-corrected chi connectivity index (χ3v) is 5.26. The molecule has 3 atom stereocenters.